The van der Waals surface area contributed by atoms with Crippen LogP contribution in [0, 0.1) is 0 Å². The number of benzene rings is 2. The Hall–Kier alpha value is -3.06. The minimum atomic E-state index is -0.538. The predicted octanol–water partition coefficient (Wildman–Crippen LogP) is 2.24. The number of nitrogens with one attached hydrogen (secondary N) is 1. The first-order valence-electron chi connectivity index (χ1n) is 7.91. The molecular weight excluding hydrogens is 318 g/mol. The van der Waals surface area contributed by atoms with E-state index in [0.29, 0.717) is 18.7 Å². The zero-order valence-electron chi connectivity index (χ0n) is 13.9. The van der Waals surface area contributed by atoms with E-state index in [1.54, 1.807) is 7.11 Å². The summed E-state index contributed by atoms with van der Waals surface area (Å²) in [4.78, 5) is 12.8. The van der Waals surface area contributed by atoms with Crippen molar-refractivity contribution >= 4 is 11.6 Å². The Bertz CT molecular complexity index is 805. The summed E-state index contributed by atoms with van der Waals surface area (Å²) in [6, 6.07) is 16.8. The Morgan fingerprint density at radius 1 is 1.16 bits per heavy atom. The molecule has 0 aliphatic rings. The molecule has 3 aromatic rings. The molecule has 0 saturated heterocycles. The molecule has 0 aliphatic carbocycles. The summed E-state index contributed by atoms with van der Waals surface area (Å²) >= 11 is 0. The van der Waals surface area contributed by atoms with Crippen LogP contribution < -0.4 is 5.32 Å². The first-order chi connectivity index (χ1) is 12.3. The van der Waals surface area contributed by atoms with Gasteiger partial charge >= 0.3 is 0 Å². The molecule has 7 heteroatoms. The Balaban J connectivity index is 1.78. The standard InChI is InChI=1S/C18H19N5O2/c1-25-12-15-8-5-9-16(10-15)20-18(24)17(23-13-19-21-22-23)11-14-6-3-2-4-7-14/h2-10,13,17H,11-12H2,1H3,(H,20,24). The maximum atomic E-state index is 12.8. The van der Waals surface area contributed by atoms with Crippen molar-refractivity contribution in [3.8, 4) is 0 Å². The average molecular weight is 337 g/mol. The summed E-state index contributed by atoms with van der Waals surface area (Å²) in [5, 5.41) is 14.1. The van der Waals surface area contributed by atoms with Crippen LogP contribution in [0.2, 0.25) is 0 Å². The van der Waals surface area contributed by atoms with Crippen LogP contribution in [0.15, 0.2) is 60.9 Å². The van der Waals surface area contributed by atoms with Crippen LogP contribution in [-0.2, 0) is 22.6 Å². The maximum Gasteiger partial charge on any atom is 0.249 e. The topological polar surface area (TPSA) is 81.9 Å². The highest BCUT2D eigenvalue weighted by atomic mass is 16.5. The van der Waals surface area contributed by atoms with E-state index < -0.39 is 6.04 Å². The SMILES string of the molecule is COCc1cccc(NC(=O)C(Cc2ccccc2)n2cnnn2)c1. The summed E-state index contributed by atoms with van der Waals surface area (Å²) in [6.07, 6.45) is 1.95. The first-order valence-corrected chi connectivity index (χ1v) is 7.91. The van der Waals surface area contributed by atoms with Gasteiger partial charge in [0.05, 0.1) is 6.61 Å². The molecule has 3 rings (SSSR count). The second-order valence-electron chi connectivity index (χ2n) is 5.62. The van der Waals surface area contributed by atoms with E-state index in [1.807, 2.05) is 54.6 Å². The molecule has 0 radical (unpaired) electrons. The van der Waals surface area contributed by atoms with Crippen molar-refractivity contribution in [1.82, 2.24) is 20.2 Å². The van der Waals surface area contributed by atoms with Crippen molar-refractivity contribution in [2.75, 3.05) is 12.4 Å². The number of carbonyl (C=O) groups is 1. The molecule has 0 saturated carbocycles. The fourth-order valence-corrected chi connectivity index (χ4v) is 2.59. The third-order valence-corrected chi connectivity index (χ3v) is 3.76. The molecule has 0 spiro atoms. The normalized spacial score (nSPS) is 11.9. The van der Waals surface area contributed by atoms with Gasteiger partial charge in [-0.15, -0.1) is 5.10 Å². The molecule has 1 aromatic heterocycles. The van der Waals surface area contributed by atoms with Crippen molar-refractivity contribution < 1.29 is 9.53 Å². The number of aromatic nitrogens is 4. The number of methoxy groups -OCH3 is 1. The Labute approximate surface area is 145 Å². The third-order valence-electron chi connectivity index (χ3n) is 3.76. The van der Waals surface area contributed by atoms with Crippen LogP contribution in [0.25, 0.3) is 0 Å². The van der Waals surface area contributed by atoms with E-state index in [0.717, 1.165) is 11.1 Å². The second-order valence-corrected chi connectivity index (χ2v) is 5.62. The summed E-state index contributed by atoms with van der Waals surface area (Å²) in [6.45, 7) is 0.490. The molecule has 25 heavy (non-hydrogen) atoms. The molecule has 1 atom stereocenters. The van der Waals surface area contributed by atoms with Crippen LogP contribution in [0.5, 0.6) is 0 Å². The van der Waals surface area contributed by atoms with Gasteiger partial charge in [-0.1, -0.05) is 42.5 Å². The van der Waals surface area contributed by atoms with Gasteiger partial charge in [-0.25, -0.2) is 4.68 Å². The average Bonchev–Trinajstić information content (AvgIpc) is 3.15. The van der Waals surface area contributed by atoms with E-state index in [9.17, 15) is 4.79 Å². The largest absolute Gasteiger partial charge is 0.380 e. The number of hydrogen-bond donors (Lipinski definition) is 1. The highest BCUT2D eigenvalue weighted by molar-refractivity contribution is 5.93. The quantitative estimate of drug-likeness (QED) is 0.715. The molecule has 7 nitrogen and oxygen atoms in total. The molecule has 0 bridgehead atoms. The summed E-state index contributed by atoms with van der Waals surface area (Å²) < 4.78 is 6.60. The fourth-order valence-electron chi connectivity index (χ4n) is 2.59. The van der Waals surface area contributed by atoms with Crippen LogP contribution >= 0.6 is 0 Å². The van der Waals surface area contributed by atoms with E-state index >= 15 is 0 Å². The van der Waals surface area contributed by atoms with Gasteiger partial charge in [0, 0.05) is 19.2 Å². The van der Waals surface area contributed by atoms with Gasteiger partial charge in [0.25, 0.3) is 0 Å². The summed E-state index contributed by atoms with van der Waals surface area (Å²) in [5.74, 6) is -0.175. The number of hydrogen-bond acceptors (Lipinski definition) is 5. The zero-order chi connectivity index (χ0) is 17.5. The minimum Gasteiger partial charge on any atom is -0.380 e. The number of ether oxygens (including phenoxy) is 1. The second kappa shape index (κ2) is 8.16. The van der Waals surface area contributed by atoms with Crippen molar-refractivity contribution in [1.29, 1.82) is 0 Å². The van der Waals surface area contributed by atoms with Gasteiger partial charge in [-0.2, -0.15) is 0 Å². The van der Waals surface area contributed by atoms with Crippen molar-refractivity contribution in [2.24, 2.45) is 0 Å². The molecule has 0 fully saturated rings. The number of carbonyl (C=O) groups excluding carboxylic acids is 1. The molecule has 1 N–H and O–H groups in total. The van der Waals surface area contributed by atoms with Crippen LogP contribution in [0.4, 0.5) is 5.69 Å². The lowest BCUT2D eigenvalue weighted by Gasteiger charge is -2.17. The fraction of sp³-hybridized carbons (Fsp3) is 0.222. The van der Waals surface area contributed by atoms with Crippen molar-refractivity contribution in [2.45, 2.75) is 19.1 Å². The molecular formula is C18H19N5O2. The first kappa shape index (κ1) is 16.8. The van der Waals surface area contributed by atoms with Crippen LogP contribution in [0.3, 0.4) is 0 Å². The summed E-state index contributed by atoms with van der Waals surface area (Å²) in [7, 11) is 1.64. The molecule has 1 unspecified atom stereocenters. The lowest BCUT2D eigenvalue weighted by atomic mass is 10.1. The number of rotatable bonds is 7. The Morgan fingerprint density at radius 3 is 2.68 bits per heavy atom. The molecule has 128 valence electrons. The smallest absolute Gasteiger partial charge is 0.249 e. The lowest BCUT2D eigenvalue weighted by Crippen LogP contribution is -2.28. The molecule has 1 heterocycles. The van der Waals surface area contributed by atoms with Gasteiger partial charge < -0.3 is 10.1 Å². The monoisotopic (exact) mass is 337 g/mol. The molecule has 2 aromatic carbocycles. The van der Waals surface area contributed by atoms with Gasteiger partial charge in [0.15, 0.2) is 0 Å². The maximum absolute atomic E-state index is 12.8. The van der Waals surface area contributed by atoms with E-state index in [1.165, 1.54) is 11.0 Å². The van der Waals surface area contributed by atoms with E-state index in [-0.39, 0.29) is 5.91 Å². The minimum absolute atomic E-state index is 0.175. The van der Waals surface area contributed by atoms with Crippen molar-refractivity contribution in [3.05, 3.63) is 72.1 Å². The third kappa shape index (κ3) is 4.48. The van der Waals surface area contributed by atoms with Crippen LogP contribution in [-0.4, -0.2) is 33.2 Å². The number of amides is 1. The number of anilines is 1. The summed E-state index contributed by atoms with van der Waals surface area (Å²) in [5.41, 5.74) is 2.74. The zero-order valence-corrected chi connectivity index (χ0v) is 13.9. The number of nitrogens with zero attached hydrogens (tertiary/aromatic N) is 4. The highest BCUT2D eigenvalue weighted by Crippen LogP contribution is 2.17. The van der Waals surface area contributed by atoms with E-state index in [4.69, 9.17) is 4.74 Å². The van der Waals surface area contributed by atoms with Crippen LogP contribution in [0.1, 0.15) is 17.2 Å². The highest BCUT2D eigenvalue weighted by Gasteiger charge is 2.22. The predicted molar refractivity (Wildman–Crippen MR) is 92.8 cm³/mol. The van der Waals surface area contributed by atoms with Crippen molar-refractivity contribution in [3.63, 3.8) is 0 Å². The number of tetrazole rings is 1. The van der Waals surface area contributed by atoms with Gasteiger partial charge in [0.2, 0.25) is 5.91 Å². The Kier molecular flexibility index (Phi) is 5.48. The lowest BCUT2D eigenvalue weighted by molar-refractivity contribution is -0.119. The van der Waals surface area contributed by atoms with Gasteiger partial charge in [0.1, 0.15) is 12.4 Å². The molecule has 1 amide bonds. The Morgan fingerprint density at radius 2 is 1.96 bits per heavy atom. The van der Waals surface area contributed by atoms with E-state index in [2.05, 4.69) is 20.8 Å². The van der Waals surface area contributed by atoms with Gasteiger partial charge in [-0.05, 0) is 33.7 Å². The van der Waals surface area contributed by atoms with Gasteiger partial charge in [-0.3, -0.25) is 4.79 Å². The molecule has 0 aliphatic heterocycles.